The Morgan fingerprint density at radius 1 is 1.03 bits per heavy atom. The lowest BCUT2D eigenvalue weighted by atomic mass is 9.91. The normalized spacial score (nSPS) is 18.8. The lowest BCUT2D eigenvalue weighted by Gasteiger charge is -2.39. The van der Waals surface area contributed by atoms with Crippen LogP contribution < -0.4 is 5.73 Å². The molecule has 3 aromatic carbocycles. The minimum Gasteiger partial charge on any atom is -0.443 e. The molecule has 2 atom stereocenters. The molecule has 1 aliphatic rings. The van der Waals surface area contributed by atoms with E-state index in [0.717, 1.165) is 0 Å². The molecule has 0 saturated carbocycles. The van der Waals surface area contributed by atoms with Crippen LogP contribution in [0.25, 0.3) is 0 Å². The second-order valence-electron chi connectivity index (χ2n) is 8.65. The van der Waals surface area contributed by atoms with Gasteiger partial charge in [0.05, 0.1) is 10.6 Å². The fourth-order valence-electron chi connectivity index (χ4n) is 4.28. The second kappa shape index (κ2) is 11.2. The van der Waals surface area contributed by atoms with Gasteiger partial charge in [0, 0.05) is 39.7 Å². The standard InChI is InChI=1S/C27H25Cl4N3O3/c1-26(36-2,21-16-19(29)10-12-23(21)31)25(35)34-27(13-6-14-32,17-7-4-3-5-8-17)37-24(33-34)20-15-18(28)9-11-22(20)30/h3-5,7-12,15-16H,6,13-14,32H2,1-2H3/t26-,27?/m0/s1. The molecule has 0 saturated heterocycles. The van der Waals surface area contributed by atoms with Crippen LogP contribution in [0.4, 0.5) is 0 Å². The van der Waals surface area contributed by atoms with Gasteiger partial charge in [-0.15, -0.1) is 5.10 Å². The number of ether oxygens (including phenoxy) is 2. The molecule has 37 heavy (non-hydrogen) atoms. The highest BCUT2D eigenvalue weighted by atomic mass is 35.5. The summed E-state index contributed by atoms with van der Waals surface area (Å²) in [5.74, 6) is -0.384. The number of hydrazone groups is 1. The summed E-state index contributed by atoms with van der Waals surface area (Å²) in [5, 5.41) is 7.50. The number of methoxy groups -OCH3 is 1. The van der Waals surface area contributed by atoms with Crippen molar-refractivity contribution < 1.29 is 14.3 Å². The van der Waals surface area contributed by atoms with E-state index in [4.69, 9.17) is 61.6 Å². The molecule has 3 aromatic rings. The van der Waals surface area contributed by atoms with Crippen molar-refractivity contribution in [3.05, 3.63) is 104 Å². The Hall–Kier alpha value is -2.32. The molecule has 1 unspecified atom stereocenters. The molecule has 0 spiro atoms. The molecular weight excluding hydrogens is 556 g/mol. The summed E-state index contributed by atoms with van der Waals surface area (Å²) >= 11 is 25.5. The van der Waals surface area contributed by atoms with Crippen molar-refractivity contribution >= 4 is 58.2 Å². The highest BCUT2D eigenvalue weighted by Crippen LogP contribution is 2.45. The predicted molar refractivity (Wildman–Crippen MR) is 148 cm³/mol. The number of hydrogen-bond acceptors (Lipinski definition) is 5. The van der Waals surface area contributed by atoms with Crippen molar-refractivity contribution in [2.45, 2.75) is 31.1 Å². The van der Waals surface area contributed by atoms with Crippen molar-refractivity contribution in [3.63, 3.8) is 0 Å². The summed E-state index contributed by atoms with van der Waals surface area (Å²) in [5.41, 5.74) is 4.52. The number of nitrogens with zero attached hydrogens (tertiary/aromatic N) is 2. The first-order valence-electron chi connectivity index (χ1n) is 11.5. The van der Waals surface area contributed by atoms with E-state index in [1.165, 1.54) is 12.1 Å². The van der Waals surface area contributed by atoms with Crippen LogP contribution in [0.3, 0.4) is 0 Å². The van der Waals surface area contributed by atoms with E-state index in [1.54, 1.807) is 43.3 Å². The Kier molecular flexibility index (Phi) is 8.38. The minimum atomic E-state index is -1.56. The van der Waals surface area contributed by atoms with E-state index in [-0.39, 0.29) is 5.90 Å². The fraction of sp³-hybridized carbons (Fsp3) is 0.259. The maximum absolute atomic E-state index is 14.5. The van der Waals surface area contributed by atoms with Gasteiger partial charge in [0.1, 0.15) is 0 Å². The first kappa shape index (κ1) is 27.7. The van der Waals surface area contributed by atoms with Crippen LogP contribution in [0.5, 0.6) is 0 Å². The number of amides is 1. The third-order valence-electron chi connectivity index (χ3n) is 6.35. The van der Waals surface area contributed by atoms with Gasteiger partial charge in [-0.05, 0) is 56.3 Å². The van der Waals surface area contributed by atoms with E-state index >= 15 is 0 Å². The summed E-state index contributed by atoms with van der Waals surface area (Å²) in [4.78, 5) is 14.5. The second-order valence-corrected chi connectivity index (χ2v) is 10.3. The molecule has 2 N–H and O–H groups in total. The van der Waals surface area contributed by atoms with Gasteiger partial charge in [-0.3, -0.25) is 4.79 Å². The van der Waals surface area contributed by atoms with Crippen LogP contribution in [-0.2, 0) is 25.6 Å². The average molecular weight is 581 g/mol. The smallest absolute Gasteiger partial charge is 0.283 e. The molecule has 0 aliphatic carbocycles. The zero-order chi connectivity index (χ0) is 26.8. The summed E-state index contributed by atoms with van der Waals surface area (Å²) in [7, 11) is 1.43. The summed E-state index contributed by atoms with van der Waals surface area (Å²) in [6.07, 6.45) is 0.875. The lowest BCUT2D eigenvalue weighted by molar-refractivity contribution is -0.175. The van der Waals surface area contributed by atoms with Gasteiger partial charge in [0.2, 0.25) is 11.6 Å². The summed E-state index contributed by atoms with van der Waals surface area (Å²) in [6, 6.07) is 19.1. The molecule has 0 radical (unpaired) electrons. The van der Waals surface area contributed by atoms with Crippen LogP contribution in [0.1, 0.15) is 36.5 Å². The highest BCUT2D eigenvalue weighted by molar-refractivity contribution is 6.36. The van der Waals surface area contributed by atoms with E-state index in [0.29, 0.717) is 56.2 Å². The van der Waals surface area contributed by atoms with Crippen LogP contribution >= 0.6 is 46.4 Å². The largest absolute Gasteiger partial charge is 0.443 e. The fourth-order valence-corrected chi connectivity index (χ4v) is 5.12. The number of nitrogens with two attached hydrogens (primary N) is 1. The Bertz CT molecular complexity index is 1340. The van der Waals surface area contributed by atoms with Crippen molar-refractivity contribution in [1.82, 2.24) is 5.01 Å². The third kappa shape index (κ3) is 5.19. The molecule has 1 amide bonds. The van der Waals surface area contributed by atoms with Crippen molar-refractivity contribution in [2.24, 2.45) is 10.8 Å². The Balaban J connectivity index is 1.94. The van der Waals surface area contributed by atoms with Crippen LogP contribution in [0, 0.1) is 0 Å². The molecule has 0 fully saturated rings. The minimum absolute atomic E-state index is 0.136. The first-order chi connectivity index (χ1) is 17.7. The Morgan fingerprint density at radius 3 is 2.32 bits per heavy atom. The molecule has 1 aliphatic heterocycles. The number of carbonyl (C=O) groups is 1. The van der Waals surface area contributed by atoms with E-state index in [1.807, 2.05) is 30.3 Å². The summed E-state index contributed by atoms with van der Waals surface area (Å²) in [6.45, 7) is 1.99. The first-order valence-corrected chi connectivity index (χ1v) is 13.0. The van der Waals surface area contributed by atoms with E-state index in [2.05, 4.69) is 5.10 Å². The monoisotopic (exact) mass is 579 g/mol. The summed E-state index contributed by atoms with van der Waals surface area (Å²) < 4.78 is 12.4. The van der Waals surface area contributed by atoms with Crippen molar-refractivity contribution in [1.29, 1.82) is 0 Å². The van der Waals surface area contributed by atoms with Gasteiger partial charge in [0.25, 0.3) is 5.91 Å². The SMILES string of the molecule is CO[C@](C)(C(=O)N1N=C(c2cc(Cl)ccc2Cl)OC1(CCCN)c1ccccc1)c1cc(Cl)ccc1Cl. The molecule has 0 bridgehead atoms. The average Bonchev–Trinajstić information content (AvgIpc) is 3.30. The van der Waals surface area contributed by atoms with Gasteiger partial charge in [0.15, 0.2) is 5.60 Å². The lowest BCUT2D eigenvalue weighted by Crippen LogP contribution is -2.52. The van der Waals surface area contributed by atoms with Crippen LogP contribution in [0.15, 0.2) is 71.8 Å². The molecule has 1 heterocycles. The third-order valence-corrected chi connectivity index (χ3v) is 7.48. The Labute approximate surface area is 235 Å². The van der Waals surface area contributed by atoms with Gasteiger partial charge < -0.3 is 15.2 Å². The number of benzene rings is 3. The number of rotatable bonds is 8. The van der Waals surface area contributed by atoms with Gasteiger partial charge in [-0.1, -0.05) is 76.7 Å². The van der Waals surface area contributed by atoms with Crippen LogP contribution in [0.2, 0.25) is 20.1 Å². The maximum Gasteiger partial charge on any atom is 0.283 e. The highest BCUT2D eigenvalue weighted by Gasteiger charge is 2.54. The maximum atomic E-state index is 14.5. The Morgan fingerprint density at radius 2 is 1.68 bits per heavy atom. The quantitative estimate of drug-likeness (QED) is 0.312. The zero-order valence-corrected chi connectivity index (χ0v) is 23.2. The van der Waals surface area contributed by atoms with Crippen molar-refractivity contribution in [2.75, 3.05) is 13.7 Å². The van der Waals surface area contributed by atoms with Gasteiger partial charge >= 0.3 is 0 Å². The molecule has 10 heteroatoms. The number of hydrogen-bond donors (Lipinski definition) is 1. The van der Waals surface area contributed by atoms with E-state index < -0.39 is 17.2 Å². The molecule has 194 valence electrons. The zero-order valence-electron chi connectivity index (χ0n) is 20.2. The van der Waals surface area contributed by atoms with Crippen molar-refractivity contribution in [3.8, 4) is 0 Å². The van der Waals surface area contributed by atoms with E-state index in [9.17, 15) is 4.79 Å². The molecule has 0 aromatic heterocycles. The van der Waals surface area contributed by atoms with Gasteiger partial charge in [-0.25, -0.2) is 0 Å². The molecule has 4 rings (SSSR count). The predicted octanol–water partition coefficient (Wildman–Crippen LogP) is 6.97. The number of halogens is 4. The number of carbonyl (C=O) groups excluding carboxylic acids is 1. The topological polar surface area (TPSA) is 77.1 Å². The molecular formula is C27H25Cl4N3O3. The van der Waals surface area contributed by atoms with Crippen LogP contribution in [-0.4, -0.2) is 30.5 Å². The molecule has 6 nitrogen and oxygen atoms in total. The van der Waals surface area contributed by atoms with Gasteiger partial charge in [-0.2, -0.15) is 5.01 Å².